The number of aryl methyl sites for hydroxylation is 1. The second-order valence-electron chi connectivity index (χ2n) is 8.21. The van der Waals surface area contributed by atoms with Crippen molar-refractivity contribution in [2.45, 2.75) is 39.5 Å². The number of rotatable bonds is 5. The molecule has 0 bridgehead atoms. The minimum atomic E-state index is -1.82. The summed E-state index contributed by atoms with van der Waals surface area (Å²) in [5, 5.41) is 14.8. The van der Waals surface area contributed by atoms with Gasteiger partial charge in [0.2, 0.25) is 0 Å². The number of nitrogens with zero attached hydrogens (tertiary/aromatic N) is 2. The zero-order valence-corrected chi connectivity index (χ0v) is 17.7. The van der Waals surface area contributed by atoms with Crippen LogP contribution in [-0.4, -0.2) is 78.3 Å². The summed E-state index contributed by atoms with van der Waals surface area (Å²) in [5.74, 6) is -2.60. The molecule has 1 aromatic rings. The number of piperazine rings is 1. The topological polar surface area (TPSA) is 90.3 Å². The van der Waals surface area contributed by atoms with Crippen LogP contribution in [0.1, 0.15) is 38.3 Å². The van der Waals surface area contributed by atoms with E-state index in [0.29, 0.717) is 0 Å². The van der Waals surface area contributed by atoms with Crippen LogP contribution in [0, 0.1) is 6.92 Å². The second-order valence-corrected chi connectivity index (χ2v) is 8.21. The van der Waals surface area contributed by atoms with Gasteiger partial charge in [-0.2, -0.15) is 0 Å². The van der Waals surface area contributed by atoms with Crippen LogP contribution >= 0.6 is 0 Å². The van der Waals surface area contributed by atoms with Crippen molar-refractivity contribution in [3.8, 4) is 5.75 Å². The Bertz CT molecular complexity index is 635. The number of aliphatic carboxylic acids is 2. The monoisotopic (exact) mass is 394 g/mol. The SMILES string of the molecule is Cc1ccc(OCCCN2CCN(C)CC2)c(C(C)(C)C)c1.O=C(O)C(=O)O. The molecule has 0 aromatic heterocycles. The number of likely N-dealkylation sites (N-methyl/N-ethyl adjacent to an activating group) is 1. The summed E-state index contributed by atoms with van der Waals surface area (Å²) >= 11 is 0. The third-order valence-electron chi connectivity index (χ3n) is 4.60. The first kappa shape index (κ1) is 23.9. The molecule has 1 aliphatic rings. The molecule has 0 saturated carbocycles. The standard InChI is InChI=1S/C19H32N2O.C2H2O4/c1-16-7-8-18(17(15-16)19(2,3)4)22-14-6-9-21-12-10-20(5)11-13-21;3-1(4)2(5)6/h7-8,15H,6,9-14H2,1-5H3;(H,3,4)(H,5,6). The van der Waals surface area contributed by atoms with Crippen LogP contribution in [0.15, 0.2) is 18.2 Å². The Hall–Kier alpha value is -2.12. The fourth-order valence-corrected chi connectivity index (χ4v) is 2.90. The summed E-state index contributed by atoms with van der Waals surface area (Å²) in [5.41, 5.74) is 2.74. The number of carboxylic acids is 2. The van der Waals surface area contributed by atoms with E-state index in [4.69, 9.17) is 24.5 Å². The maximum absolute atomic E-state index is 9.10. The molecule has 1 heterocycles. The maximum atomic E-state index is 9.10. The van der Waals surface area contributed by atoms with Gasteiger partial charge in [0.05, 0.1) is 6.61 Å². The van der Waals surface area contributed by atoms with Crippen molar-refractivity contribution in [1.29, 1.82) is 0 Å². The molecule has 1 aliphatic heterocycles. The van der Waals surface area contributed by atoms with E-state index < -0.39 is 11.9 Å². The minimum absolute atomic E-state index is 0.124. The highest BCUT2D eigenvalue weighted by Crippen LogP contribution is 2.32. The lowest BCUT2D eigenvalue weighted by atomic mass is 9.85. The molecule has 1 saturated heterocycles. The van der Waals surface area contributed by atoms with Crippen molar-refractivity contribution in [2.24, 2.45) is 0 Å². The van der Waals surface area contributed by atoms with E-state index in [0.717, 1.165) is 25.3 Å². The molecule has 0 unspecified atom stereocenters. The van der Waals surface area contributed by atoms with Crippen LogP contribution in [0.3, 0.4) is 0 Å². The molecule has 2 rings (SSSR count). The summed E-state index contributed by atoms with van der Waals surface area (Å²) in [6.07, 6.45) is 1.10. The van der Waals surface area contributed by atoms with Gasteiger partial charge in [-0.05, 0) is 37.4 Å². The Kier molecular flexibility index (Phi) is 9.41. The first-order valence-corrected chi connectivity index (χ1v) is 9.61. The average molecular weight is 395 g/mol. The molecule has 1 fully saturated rings. The van der Waals surface area contributed by atoms with E-state index in [1.807, 2.05) is 0 Å². The average Bonchev–Trinajstić information content (AvgIpc) is 2.61. The number of benzene rings is 1. The van der Waals surface area contributed by atoms with Gasteiger partial charge in [-0.15, -0.1) is 0 Å². The van der Waals surface area contributed by atoms with Crippen LogP contribution in [0.5, 0.6) is 5.75 Å². The van der Waals surface area contributed by atoms with E-state index in [2.05, 4.69) is 62.7 Å². The molecule has 28 heavy (non-hydrogen) atoms. The van der Waals surface area contributed by atoms with E-state index in [1.54, 1.807) is 0 Å². The Morgan fingerprint density at radius 3 is 2.14 bits per heavy atom. The molecule has 7 nitrogen and oxygen atoms in total. The van der Waals surface area contributed by atoms with E-state index >= 15 is 0 Å². The number of ether oxygens (including phenoxy) is 1. The van der Waals surface area contributed by atoms with Crippen LogP contribution in [0.25, 0.3) is 0 Å². The van der Waals surface area contributed by atoms with Gasteiger partial charge in [0.15, 0.2) is 0 Å². The first-order chi connectivity index (χ1) is 13.0. The zero-order chi connectivity index (χ0) is 21.3. The molecule has 0 aliphatic carbocycles. The van der Waals surface area contributed by atoms with E-state index in [-0.39, 0.29) is 5.41 Å². The number of carbonyl (C=O) groups is 2. The molecule has 158 valence electrons. The van der Waals surface area contributed by atoms with Gasteiger partial charge in [-0.25, -0.2) is 9.59 Å². The number of hydrogen-bond donors (Lipinski definition) is 2. The lowest BCUT2D eigenvalue weighted by Crippen LogP contribution is -2.44. The number of carboxylic acid groups (broad SMARTS) is 2. The van der Waals surface area contributed by atoms with Gasteiger partial charge in [0, 0.05) is 32.7 Å². The molecule has 1 aromatic carbocycles. The second kappa shape index (κ2) is 11.0. The third kappa shape index (κ3) is 8.71. The Morgan fingerprint density at radius 2 is 1.64 bits per heavy atom. The van der Waals surface area contributed by atoms with Crippen LogP contribution in [-0.2, 0) is 15.0 Å². The van der Waals surface area contributed by atoms with Gasteiger partial charge in [0.1, 0.15) is 5.75 Å². The van der Waals surface area contributed by atoms with Crippen molar-refractivity contribution in [3.63, 3.8) is 0 Å². The fourth-order valence-electron chi connectivity index (χ4n) is 2.90. The summed E-state index contributed by atoms with van der Waals surface area (Å²) in [6.45, 7) is 15.6. The van der Waals surface area contributed by atoms with Crippen molar-refractivity contribution >= 4 is 11.9 Å². The minimum Gasteiger partial charge on any atom is -0.493 e. The quantitative estimate of drug-likeness (QED) is 0.586. The largest absolute Gasteiger partial charge is 0.493 e. The van der Waals surface area contributed by atoms with Gasteiger partial charge < -0.3 is 24.7 Å². The van der Waals surface area contributed by atoms with E-state index in [1.165, 1.54) is 37.3 Å². The Labute approximate surface area is 167 Å². The van der Waals surface area contributed by atoms with E-state index in [9.17, 15) is 0 Å². The van der Waals surface area contributed by atoms with Gasteiger partial charge in [-0.3, -0.25) is 0 Å². The van der Waals surface area contributed by atoms with Crippen molar-refractivity contribution in [3.05, 3.63) is 29.3 Å². The van der Waals surface area contributed by atoms with Crippen LogP contribution < -0.4 is 4.74 Å². The predicted octanol–water partition coefficient (Wildman–Crippen LogP) is 2.46. The maximum Gasteiger partial charge on any atom is 0.414 e. The molecule has 7 heteroatoms. The Morgan fingerprint density at radius 1 is 1.07 bits per heavy atom. The lowest BCUT2D eigenvalue weighted by molar-refractivity contribution is -0.159. The summed E-state index contributed by atoms with van der Waals surface area (Å²) in [4.78, 5) is 23.1. The molecule has 0 amide bonds. The Balaban J connectivity index is 0.000000568. The summed E-state index contributed by atoms with van der Waals surface area (Å²) in [7, 11) is 2.20. The van der Waals surface area contributed by atoms with Crippen molar-refractivity contribution < 1.29 is 24.5 Å². The van der Waals surface area contributed by atoms with Crippen LogP contribution in [0.4, 0.5) is 0 Å². The third-order valence-corrected chi connectivity index (χ3v) is 4.60. The van der Waals surface area contributed by atoms with Gasteiger partial charge in [-0.1, -0.05) is 38.5 Å². The van der Waals surface area contributed by atoms with Gasteiger partial charge >= 0.3 is 11.9 Å². The summed E-state index contributed by atoms with van der Waals surface area (Å²) < 4.78 is 6.09. The predicted molar refractivity (Wildman–Crippen MR) is 109 cm³/mol. The van der Waals surface area contributed by atoms with Crippen molar-refractivity contribution in [2.75, 3.05) is 46.4 Å². The fraction of sp³-hybridized carbons (Fsp3) is 0.619. The highest BCUT2D eigenvalue weighted by atomic mass is 16.5. The molecule has 0 radical (unpaired) electrons. The molecular formula is C21H34N2O5. The molecule has 0 atom stereocenters. The first-order valence-electron chi connectivity index (χ1n) is 9.61. The highest BCUT2D eigenvalue weighted by molar-refractivity contribution is 6.27. The van der Waals surface area contributed by atoms with Crippen molar-refractivity contribution in [1.82, 2.24) is 9.80 Å². The summed E-state index contributed by atoms with van der Waals surface area (Å²) in [6, 6.07) is 6.53. The molecular weight excluding hydrogens is 360 g/mol. The number of hydrogen-bond acceptors (Lipinski definition) is 5. The molecule has 0 spiro atoms. The zero-order valence-electron chi connectivity index (χ0n) is 17.7. The highest BCUT2D eigenvalue weighted by Gasteiger charge is 2.19. The molecule has 2 N–H and O–H groups in total. The smallest absolute Gasteiger partial charge is 0.414 e. The van der Waals surface area contributed by atoms with Gasteiger partial charge in [0.25, 0.3) is 0 Å². The lowest BCUT2D eigenvalue weighted by Gasteiger charge is -2.32. The van der Waals surface area contributed by atoms with Crippen LogP contribution in [0.2, 0.25) is 0 Å². The normalized spacial score (nSPS) is 15.5.